The fraction of sp³-hybridized carbons (Fsp3) is 0.609. The maximum atomic E-state index is 12.8. The molecule has 1 saturated carbocycles. The molecule has 1 aliphatic carbocycles. The molecule has 0 spiro atoms. The van der Waals surface area contributed by atoms with E-state index in [-0.39, 0.29) is 30.7 Å². The number of benzene rings is 1. The minimum atomic E-state index is -4.76. The summed E-state index contributed by atoms with van der Waals surface area (Å²) in [6.45, 7) is 2.83. The Labute approximate surface area is 197 Å². The molecule has 1 aromatic carbocycles. The van der Waals surface area contributed by atoms with E-state index < -0.39 is 11.9 Å². The van der Waals surface area contributed by atoms with Gasteiger partial charge in [0.15, 0.2) is 0 Å². The highest BCUT2D eigenvalue weighted by molar-refractivity contribution is 5.92. The standard InChI is InChI=1S/C23H30F3N5O3/c1-29(22(17-27)9-3-2-4-10-22)21(33)16-31-13-11-30(12-14-31)15-20(32)28-18-5-7-19(8-6-18)34-23(24,25)26/h5-8H,2-4,9-16H2,1H3,(H,28,32). The predicted molar refractivity (Wildman–Crippen MR) is 119 cm³/mol. The molecule has 2 amide bonds. The lowest BCUT2D eigenvalue weighted by molar-refractivity contribution is -0.274. The number of carbonyl (C=O) groups excluding carboxylic acids is 2. The van der Waals surface area contributed by atoms with Gasteiger partial charge in [0, 0.05) is 38.9 Å². The molecule has 34 heavy (non-hydrogen) atoms. The Morgan fingerprint density at radius 2 is 1.62 bits per heavy atom. The maximum absolute atomic E-state index is 12.8. The lowest BCUT2D eigenvalue weighted by Gasteiger charge is -2.40. The van der Waals surface area contributed by atoms with E-state index in [0.717, 1.165) is 31.4 Å². The van der Waals surface area contributed by atoms with Gasteiger partial charge >= 0.3 is 6.36 Å². The van der Waals surface area contributed by atoms with Crippen molar-refractivity contribution in [3.63, 3.8) is 0 Å². The van der Waals surface area contributed by atoms with Crippen molar-refractivity contribution in [1.29, 1.82) is 5.26 Å². The van der Waals surface area contributed by atoms with E-state index in [2.05, 4.69) is 16.1 Å². The van der Waals surface area contributed by atoms with E-state index in [1.165, 1.54) is 12.1 Å². The van der Waals surface area contributed by atoms with Crippen molar-refractivity contribution in [2.45, 2.75) is 44.0 Å². The van der Waals surface area contributed by atoms with Crippen molar-refractivity contribution in [3.05, 3.63) is 24.3 Å². The van der Waals surface area contributed by atoms with Gasteiger partial charge in [-0.1, -0.05) is 19.3 Å². The van der Waals surface area contributed by atoms with Crippen molar-refractivity contribution in [3.8, 4) is 11.8 Å². The number of carbonyl (C=O) groups is 2. The van der Waals surface area contributed by atoms with Crippen LogP contribution in [0.1, 0.15) is 32.1 Å². The van der Waals surface area contributed by atoms with Crippen LogP contribution in [0.4, 0.5) is 18.9 Å². The summed E-state index contributed by atoms with van der Waals surface area (Å²) in [5.74, 6) is -0.694. The minimum Gasteiger partial charge on any atom is -0.406 e. The third kappa shape index (κ3) is 7.08. The van der Waals surface area contributed by atoms with E-state index in [4.69, 9.17) is 0 Å². The normalized spacial score (nSPS) is 19.1. The van der Waals surface area contributed by atoms with Gasteiger partial charge in [-0.3, -0.25) is 19.4 Å². The van der Waals surface area contributed by atoms with Gasteiger partial charge in [0.2, 0.25) is 11.8 Å². The van der Waals surface area contributed by atoms with E-state index in [1.54, 1.807) is 11.9 Å². The van der Waals surface area contributed by atoms with Crippen molar-refractivity contribution in [2.75, 3.05) is 51.6 Å². The quantitative estimate of drug-likeness (QED) is 0.644. The number of halogens is 3. The first-order valence-corrected chi connectivity index (χ1v) is 11.4. The summed E-state index contributed by atoms with van der Waals surface area (Å²) in [4.78, 5) is 30.7. The summed E-state index contributed by atoms with van der Waals surface area (Å²) in [7, 11) is 1.72. The molecule has 0 atom stereocenters. The number of hydrogen-bond acceptors (Lipinski definition) is 6. The predicted octanol–water partition coefficient (Wildman–Crippen LogP) is 2.83. The zero-order valence-electron chi connectivity index (χ0n) is 19.2. The maximum Gasteiger partial charge on any atom is 0.573 e. The van der Waals surface area contributed by atoms with Crippen LogP contribution < -0.4 is 10.1 Å². The average molecular weight is 482 g/mol. The topological polar surface area (TPSA) is 88.9 Å². The van der Waals surface area contributed by atoms with E-state index in [9.17, 15) is 28.0 Å². The summed E-state index contributed by atoms with van der Waals surface area (Å²) in [5.41, 5.74) is -0.326. The average Bonchev–Trinajstić information content (AvgIpc) is 2.80. The number of nitrogens with zero attached hydrogens (tertiary/aromatic N) is 4. The molecular weight excluding hydrogens is 451 g/mol. The number of rotatable bonds is 7. The van der Waals surface area contributed by atoms with Crippen molar-refractivity contribution >= 4 is 17.5 Å². The molecule has 2 fully saturated rings. The molecule has 2 aliphatic rings. The number of amides is 2. The van der Waals surface area contributed by atoms with Gasteiger partial charge in [-0.15, -0.1) is 13.2 Å². The third-order valence-electron chi connectivity index (χ3n) is 6.47. The van der Waals surface area contributed by atoms with Crippen LogP contribution in [0, 0.1) is 11.3 Å². The second-order valence-electron chi connectivity index (χ2n) is 8.83. The van der Waals surface area contributed by atoms with Gasteiger partial charge in [0.05, 0.1) is 19.2 Å². The van der Waals surface area contributed by atoms with Crippen LogP contribution in [0.15, 0.2) is 24.3 Å². The second kappa shape index (κ2) is 11.1. The molecule has 0 aromatic heterocycles. The lowest BCUT2D eigenvalue weighted by atomic mass is 9.81. The van der Waals surface area contributed by atoms with Crippen LogP contribution in [-0.4, -0.2) is 84.7 Å². The molecule has 3 rings (SSSR count). The highest BCUT2D eigenvalue weighted by atomic mass is 19.4. The molecule has 0 bridgehead atoms. The molecule has 1 aromatic rings. The Balaban J connectivity index is 1.41. The number of likely N-dealkylation sites (N-methyl/N-ethyl adjacent to an activating group) is 1. The van der Waals surface area contributed by atoms with Gasteiger partial charge in [0.25, 0.3) is 0 Å². The van der Waals surface area contributed by atoms with Crippen molar-refractivity contribution in [2.24, 2.45) is 0 Å². The van der Waals surface area contributed by atoms with Crippen molar-refractivity contribution < 1.29 is 27.5 Å². The molecule has 186 valence electrons. The van der Waals surface area contributed by atoms with Gasteiger partial charge in [-0.05, 0) is 37.1 Å². The number of nitriles is 1. The molecule has 11 heteroatoms. The van der Waals surface area contributed by atoms with E-state index in [0.29, 0.717) is 44.7 Å². The lowest BCUT2D eigenvalue weighted by Crippen LogP contribution is -2.55. The van der Waals surface area contributed by atoms with Gasteiger partial charge in [-0.2, -0.15) is 5.26 Å². The Morgan fingerprint density at radius 3 is 2.15 bits per heavy atom. The van der Waals surface area contributed by atoms with Gasteiger partial charge in [-0.25, -0.2) is 0 Å². The summed E-state index contributed by atoms with van der Waals surface area (Å²) in [5, 5.41) is 12.4. The Kier molecular flexibility index (Phi) is 8.38. The van der Waals surface area contributed by atoms with E-state index >= 15 is 0 Å². The van der Waals surface area contributed by atoms with Crippen LogP contribution in [0.2, 0.25) is 0 Å². The fourth-order valence-electron chi connectivity index (χ4n) is 4.44. The SMILES string of the molecule is CN(C(=O)CN1CCN(CC(=O)Nc2ccc(OC(F)(F)F)cc2)CC1)C1(C#N)CCCCC1. The smallest absolute Gasteiger partial charge is 0.406 e. The van der Waals surface area contributed by atoms with Crippen LogP contribution >= 0.6 is 0 Å². The van der Waals surface area contributed by atoms with Crippen LogP contribution in [-0.2, 0) is 9.59 Å². The van der Waals surface area contributed by atoms with Gasteiger partial charge in [0.1, 0.15) is 11.3 Å². The fourth-order valence-corrected chi connectivity index (χ4v) is 4.44. The molecule has 8 nitrogen and oxygen atoms in total. The van der Waals surface area contributed by atoms with E-state index in [1.807, 2.05) is 9.80 Å². The Morgan fingerprint density at radius 1 is 1.06 bits per heavy atom. The Bertz CT molecular complexity index is 887. The Hall–Kier alpha value is -2.84. The molecule has 1 heterocycles. The zero-order chi connectivity index (χ0) is 24.8. The number of piperazine rings is 1. The zero-order valence-corrected chi connectivity index (χ0v) is 19.2. The summed E-state index contributed by atoms with van der Waals surface area (Å²) in [6.07, 6.45) is -0.326. The summed E-state index contributed by atoms with van der Waals surface area (Å²) in [6, 6.07) is 7.34. The van der Waals surface area contributed by atoms with Crippen LogP contribution in [0.3, 0.4) is 0 Å². The first kappa shape index (κ1) is 25.8. The molecule has 0 radical (unpaired) electrons. The minimum absolute atomic E-state index is 0.0624. The molecule has 0 unspecified atom stereocenters. The first-order valence-electron chi connectivity index (χ1n) is 11.4. The number of hydrogen-bond donors (Lipinski definition) is 1. The number of nitrogens with one attached hydrogen (secondary N) is 1. The third-order valence-corrected chi connectivity index (χ3v) is 6.47. The van der Waals surface area contributed by atoms with Crippen LogP contribution in [0.25, 0.3) is 0 Å². The van der Waals surface area contributed by atoms with Crippen molar-refractivity contribution in [1.82, 2.24) is 14.7 Å². The summed E-state index contributed by atoms with van der Waals surface area (Å²) >= 11 is 0. The molecule has 1 aliphatic heterocycles. The highest BCUT2D eigenvalue weighted by Gasteiger charge is 2.39. The summed E-state index contributed by atoms with van der Waals surface area (Å²) < 4.78 is 40.5. The molecular formula is C23H30F3N5O3. The monoisotopic (exact) mass is 481 g/mol. The van der Waals surface area contributed by atoms with Crippen LogP contribution in [0.5, 0.6) is 5.75 Å². The number of anilines is 1. The second-order valence-corrected chi connectivity index (χ2v) is 8.83. The number of alkyl halides is 3. The largest absolute Gasteiger partial charge is 0.573 e. The number of ether oxygens (including phenoxy) is 1. The molecule has 1 N–H and O–H groups in total. The highest BCUT2D eigenvalue weighted by Crippen LogP contribution is 2.32. The van der Waals surface area contributed by atoms with Gasteiger partial charge < -0.3 is 15.0 Å². The molecule has 1 saturated heterocycles. The first-order chi connectivity index (χ1) is 16.1.